The maximum Gasteiger partial charge on any atom is 0.242 e. The van der Waals surface area contributed by atoms with Crippen LogP contribution in [0.3, 0.4) is 0 Å². The minimum Gasteiger partial charge on any atom is -0.358 e. The van der Waals surface area contributed by atoms with Crippen molar-refractivity contribution in [1.82, 2.24) is 34.0 Å². The van der Waals surface area contributed by atoms with Gasteiger partial charge in [0.1, 0.15) is 24.0 Å². The van der Waals surface area contributed by atoms with E-state index in [1.54, 1.807) is 31.6 Å². The second-order valence-electron chi connectivity index (χ2n) is 7.85. The van der Waals surface area contributed by atoms with Gasteiger partial charge in [0, 0.05) is 26.3 Å². The average Bonchev–Trinajstić information content (AvgIpc) is 3.37. The Balaban J connectivity index is 1.56. The Bertz CT molecular complexity index is 1270. The Morgan fingerprint density at radius 2 is 2.10 bits per heavy atom. The predicted octanol–water partition coefficient (Wildman–Crippen LogP) is 3.28. The number of nitrogens with zero attached hydrogens (tertiary/aromatic N) is 7. The molecule has 0 saturated carbocycles. The molecule has 0 spiro atoms. The van der Waals surface area contributed by atoms with Crippen molar-refractivity contribution in [3.05, 3.63) is 36.1 Å². The fraction of sp³-hybridized carbons (Fsp3) is 0.381. The Hall–Kier alpha value is -3.04. The molecule has 1 aliphatic heterocycles. The number of carbonyl (C=O) groups is 1. The van der Waals surface area contributed by atoms with Crippen molar-refractivity contribution >= 4 is 39.7 Å². The number of ether oxygens (including phenoxy) is 1. The molecule has 0 aliphatic carbocycles. The largest absolute Gasteiger partial charge is 0.358 e. The molecular weight excluding hydrogens is 418 g/mol. The average molecular weight is 440 g/mol. The standard InChI is InChI=1S/C21H22ClN7O2/c1-27(2)16(30)10-28-11-23-14-9-13(6-7-15(14)28)18-19-20(26-21(22)25-18)29(12-24-19)17-5-3-4-8-31-17/h6-7,9,11-12,17H,3-5,8,10H2,1-2H3. The van der Waals surface area contributed by atoms with Crippen LogP contribution in [0, 0.1) is 0 Å². The van der Waals surface area contributed by atoms with Crippen LogP contribution in [0.4, 0.5) is 0 Å². The zero-order valence-electron chi connectivity index (χ0n) is 17.3. The highest BCUT2D eigenvalue weighted by Gasteiger charge is 2.22. The van der Waals surface area contributed by atoms with E-state index in [9.17, 15) is 4.79 Å². The minimum absolute atomic E-state index is 0.00291. The van der Waals surface area contributed by atoms with Gasteiger partial charge < -0.3 is 14.2 Å². The van der Waals surface area contributed by atoms with Crippen molar-refractivity contribution < 1.29 is 9.53 Å². The van der Waals surface area contributed by atoms with Gasteiger partial charge in [-0.1, -0.05) is 6.07 Å². The van der Waals surface area contributed by atoms with Gasteiger partial charge in [-0.3, -0.25) is 9.36 Å². The monoisotopic (exact) mass is 439 g/mol. The number of imidazole rings is 2. The number of amides is 1. The summed E-state index contributed by atoms with van der Waals surface area (Å²) in [7, 11) is 3.47. The highest BCUT2D eigenvalue weighted by Crippen LogP contribution is 2.32. The molecular formula is C21H22ClN7O2. The second kappa shape index (κ2) is 7.90. The molecule has 5 rings (SSSR count). The number of rotatable bonds is 4. The molecule has 0 radical (unpaired) electrons. The highest BCUT2D eigenvalue weighted by atomic mass is 35.5. The van der Waals surface area contributed by atoms with E-state index >= 15 is 0 Å². The summed E-state index contributed by atoms with van der Waals surface area (Å²) in [4.78, 5) is 31.6. The van der Waals surface area contributed by atoms with Crippen LogP contribution in [0.2, 0.25) is 5.28 Å². The third-order valence-electron chi connectivity index (χ3n) is 5.56. The molecule has 1 saturated heterocycles. The van der Waals surface area contributed by atoms with Crippen LogP contribution in [0.15, 0.2) is 30.9 Å². The maximum absolute atomic E-state index is 12.1. The van der Waals surface area contributed by atoms with Crippen LogP contribution < -0.4 is 0 Å². The second-order valence-corrected chi connectivity index (χ2v) is 8.19. The van der Waals surface area contributed by atoms with Gasteiger partial charge in [-0.05, 0) is 43.0 Å². The van der Waals surface area contributed by atoms with Gasteiger partial charge in [0.15, 0.2) is 5.65 Å². The van der Waals surface area contributed by atoms with Crippen LogP contribution >= 0.6 is 11.6 Å². The van der Waals surface area contributed by atoms with Crippen LogP contribution in [0.5, 0.6) is 0 Å². The van der Waals surface area contributed by atoms with E-state index in [2.05, 4.69) is 19.9 Å². The smallest absolute Gasteiger partial charge is 0.242 e. The molecule has 1 aliphatic rings. The van der Waals surface area contributed by atoms with E-state index in [0.717, 1.165) is 42.5 Å². The van der Waals surface area contributed by atoms with Crippen LogP contribution in [-0.4, -0.2) is 60.6 Å². The lowest BCUT2D eigenvalue weighted by molar-refractivity contribution is -0.129. The van der Waals surface area contributed by atoms with Gasteiger partial charge in [0.05, 0.1) is 23.7 Å². The lowest BCUT2D eigenvalue weighted by atomic mass is 10.1. The maximum atomic E-state index is 12.1. The first kappa shape index (κ1) is 19.9. The molecule has 0 N–H and O–H groups in total. The van der Waals surface area contributed by atoms with E-state index in [-0.39, 0.29) is 24.0 Å². The van der Waals surface area contributed by atoms with E-state index in [1.165, 1.54) is 0 Å². The van der Waals surface area contributed by atoms with Gasteiger partial charge in [-0.2, -0.15) is 4.98 Å². The fourth-order valence-electron chi connectivity index (χ4n) is 3.87. The molecule has 0 bridgehead atoms. The Kier molecular flexibility index (Phi) is 5.07. The molecule has 9 nitrogen and oxygen atoms in total. The molecule has 1 unspecified atom stereocenters. The third kappa shape index (κ3) is 3.64. The summed E-state index contributed by atoms with van der Waals surface area (Å²) in [5, 5.41) is 0.155. The van der Waals surface area contributed by atoms with E-state index < -0.39 is 0 Å². The highest BCUT2D eigenvalue weighted by molar-refractivity contribution is 6.28. The fourth-order valence-corrected chi connectivity index (χ4v) is 4.03. The summed E-state index contributed by atoms with van der Waals surface area (Å²) in [5.41, 5.74) is 4.44. The number of hydrogen-bond donors (Lipinski definition) is 0. The third-order valence-corrected chi connectivity index (χ3v) is 5.73. The predicted molar refractivity (Wildman–Crippen MR) is 117 cm³/mol. The Morgan fingerprint density at radius 3 is 2.87 bits per heavy atom. The number of halogens is 1. The molecule has 1 atom stereocenters. The molecule has 10 heteroatoms. The van der Waals surface area contributed by atoms with E-state index in [1.807, 2.05) is 27.3 Å². The van der Waals surface area contributed by atoms with E-state index in [0.29, 0.717) is 16.9 Å². The lowest BCUT2D eigenvalue weighted by Crippen LogP contribution is -2.25. The molecule has 3 aromatic heterocycles. The van der Waals surface area contributed by atoms with Crippen LogP contribution in [-0.2, 0) is 16.1 Å². The Labute approximate surface area is 183 Å². The molecule has 4 aromatic rings. The molecule has 31 heavy (non-hydrogen) atoms. The zero-order chi connectivity index (χ0) is 21.5. The van der Waals surface area contributed by atoms with Crippen molar-refractivity contribution in [3.8, 4) is 11.3 Å². The first-order valence-corrected chi connectivity index (χ1v) is 10.6. The van der Waals surface area contributed by atoms with Crippen molar-refractivity contribution in [3.63, 3.8) is 0 Å². The summed E-state index contributed by atoms with van der Waals surface area (Å²) in [5.74, 6) is 0.00291. The van der Waals surface area contributed by atoms with Crippen molar-refractivity contribution in [2.75, 3.05) is 20.7 Å². The first-order valence-electron chi connectivity index (χ1n) is 10.2. The number of hydrogen-bond acceptors (Lipinski definition) is 6. The normalized spacial score (nSPS) is 16.8. The van der Waals surface area contributed by atoms with E-state index in [4.69, 9.17) is 16.3 Å². The summed E-state index contributed by atoms with van der Waals surface area (Å²) >= 11 is 6.28. The SMILES string of the molecule is CN(C)C(=O)Cn1cnc2cc(-c3nc(Cl)nc4c3ncn4C3CCCCO3)ccc21. The number of benzene rings is 1. The minimum atomic E-state index is -0.0926. The summed E-state index contributed by atoms with van der Waals surface area (Å²) in [6, 6.07) is 5.80. The first-order chi connectivity index (χ1) is 15.0. The summed E-state index contributed by atoms with van der Waals surface area (Å²) < 4.78 is 9.67. The number of fused-ring (bicyclic) bond motifs is 2. The molecule has 1 amide bonds. The van der Waals surface area contributed by atoms with Crippen LogP contribution in [0.1, 0.15) is 25.5 Å². The number of carbonyl (C=O) groups excluding carboxylic acids is 1. The summed E-state index contributed by atoms with van der Waals surface area (Å²) in [6.45, 7) is 0.962. The zero-order valence-corrected chi connectivity index (χ0v) is 18.1. The topological polar surface area (TPSA) is 91.0 Å². The molecule has 160 valence electrons. The Morgan fingerprint density at radius 1 is 1.23 bits per heavy atom. The molecule has 4 heterocycles. The van der Waals surface area contributed by atoms with Gasteiger partial charge in [-0.15, -0.1) is 0 Å². The number of aromatic nitrogens is 6. The quantitative estimate of drug-likeness (QED) is 0.453. The van der Waals surface area contributed by atoms with Gasteiger partial charge >= 0.3 is 0 Å². The van der Waals surface area contributed by atoms with Crippen molar-refractivity contribution in [1.29, 1.82) is 0 Å². The van der Waals surface area contributed by atoms with Crippen molar-refractivity contribution in [2.45, 2.75) is 32.0 Å². The van der Waals surface area contributed by atoms with Crippen molar-refractivity contribution in [2.24, 2.45) is 0 Å². The van der Waals surface area contributed by atoms with Gasteiger partial charge in [-0.25, -0.2) is 15.0 Å². The molecule has 1 fully saturated rings. The van der Waals surface area contributed by atoms with Gasteiger partial charge in [0.25, 0.3) is 0 Å². The summed E-state index contributed by atoms with van der Waals surface area (Å²) in [6.07, 6.45) is 6.41. The van der Waals surface area contributed by atoms with Gasteiger partial charge in [0.2, 0.25) is 11.2 Å². The number of likely N-dealkylation sites (N-methyl/N-ethyl adjacent to an activating group) is 1. The van der Waals surface area contributed by atoms with Crippen LogP contribution in [0.25, 0.3) is 33.5 Å². The lowest BCUT2D eigenvalue weighted by Gasteiger charge is -2.23. The molecule has 1 aromatic carbocycles.